The van der Waals surface area contributed by atoms with Gasteiger partial charge in [-0.15, -0.1) is 0 Å². The third-order valence-corrected chi connectivity index (χ3v) is 3.30. The van der Waals surface area contributed by atoms with Crippen LogP contribution in [0.1, 0.15) is 12.8 Å². The Balaban J connectivity index is 2.05. The molecule has 1 atom stereocenters. The van der Waals surface area contributed by atoms with Crippen molar-refractivity contribution in [1.29, 1.82) is 0 Å². The zero-order valence-corrected chi connectivity index (χ0v) is 11.3. The molecule has 0 aliphatic carbocycles. The predicted octanol–water partition coefficient (Wildman–Crippen LogP) is 2.51. The van der Waals surface area contributed by atoms with E-state index >= 15 is 0 Å². The molecule has 2 rings (SSSR count). The topological polar surface area (TPSA) is 58.6 Å². The van der Waals surface area contributed by atoms with Crippen molar-refractivity contribution in [3.05, 3.63) is 29.3 Å². The van der Waals surface area contributed by atoms with Crippen molar-refractivity contribution < 1.29 is 14.3 Å². The van der Waals surface area contributed by atoms with Crippen molar-refractivity contribution in [3.63, 3.8) is 0 Å². The highest BCUT2D eigenvalue weighted by atomic mass is 35.5. The van der Waals surface area contributed by atoms with Crippen LogP contribution in [0, 0.1) is 0 Å². The number of methoxy groups -OCH3 is 1. The van der Waals surface area contributed by atoms with Crippen LogP contribution in [-0.4, -0.2) is 36.6 Å². The van der Waals surface area contributed by atoms with E-state index < -0.39 is 6.04 Å². The fourth-order valence-electron chi connectivity index (χ4n) is 2.15. The number of nitrogens with one attached hydrogen (secondary N) is 1. The molecule has 2 amide bonds. The second-order valence-corrected chi connectivity index (χ2v) is 4.75. The summed E-state index contributed by atoms with van der Waals surface area (Å²) < 4.78 is 4.70. The molecule has 102 valence electrons. The first-order valence-electron chi connectivity index (χ1n) is 6.03. The molecule has 1 unspecified atom stereocenters. The molecule has 0 radical (unpaired) electrons. The van der Waals surface area contributed by atoms with Gasteiger partial charge in [-0.3, -0.25) is 0 Å². The second kappa shape index (κ2) is 5.93. The number of rotatable bonds is 2. The molecule has 19 heavy (non-hydrogen) atoms. The molecule has 1 aliphatic heterocycles. The van der Waals surface area contributed by atoms with Gasteiger partial charge in [-0.2, -0.15) is 0 Å². The van der Waals surface area contributed by atoms with E-state index in [0.29, 0.717) is 23.7 Å². The van der Waals surface area contributed by atoms with E-state index in [-0.39, 0.29) is 12.0 Å². The van der Waals surface area contributed by atoms with Crippen LogP contribution in [0.4, 0.5) is 10.5 Å². The summed E-state index contributed by atoms with van der Waals surface area (Å²) in [6.07, 6.45) is 1.43. The molecule has 1 N–H and O–H groups in total. The van der Waals surface area contributed by atoms with E-state index in [0.717, 1.165) is 6.42 Å². The van der Waals surface area contributed by atoms with E-state index in [1.807, 2.05) is 0 Å². The average molecular weight is 283 g/mol. The van der Waals surface area contributed by atoms with Crippen molar-refractivity contribution in [2.75, 3.05) is 19.0 Å². The van der Waals surface area contributed by atoms with Crippen molar-refractivity contribution in [1.82, 2.24) is 4.90 Å². The van der Waals surface area contributed by atoms with Crippen LogP contribution in [0.25, 0.3) is 0 Å². The Morgan fingerprint density at radius 1 is 1.47 bits per heavy atom. The number of carbonyl (C=O) groups excluding carboxylic acids is 2. The number of benzene rings is 1. The highest BCUT2D eigenvalue weighted by Crippen LogP contribution is 2.21. The molecule has 1 aromatic rings. The van der Waals surface area contributed by atoms with E-state index in [1.165, 1.54) is 12.0 Å². The molecule has 0 aromatic heterocycles. The number of hydrogen-bond donors (Lipinski definition) is 1. The third-order valence-electron chi connectivity index (χ3n) is 3.06. The summed E-state index contributed by atoms with van der Waals surface area (Å²) in [5.41, 5.74) is 0.605. The van der Waals surface area contributed by atoms with Crippen LogP contribution in [0.5, 0.6) is 0 Å². The lowest BCUT2D eigenvalue weighted by Gasteiger charge is -2.22. The van der Waals surface area contributed by atoms with Gasteiger partial charge in [0, 0.05) is 17.3 Å². The van der Waals surface area contributed by atoms with Gasteiger partial charge in [0.15, 0.2) is 0 Å². The maximum atomic E-state index is 12.1. The van der Waals surface area contributed by atoms with Crippen LogP contribution in [-0.2, 0) is 9.53 Å². The quantitative estimate of drug-likeness (QED) is 0.848. The fraction of sp³-hybridized carbons (Fsp3) is 0.385. The van der Waals surface area contributed by atoms with Crippen molar-refractivity contribution in [2.24, 2.45) is 0 Å². The zero-order valence-electron chi connectivity index (χ0n) is 10.6. The first kappa shape index (κ1) is 13.7. The first-order chi connectivity index (χ1) is 9.11. The average Bonchev–Trinajstić information content (AvgIpc) is 2.87. The van der Waals surface area contributed by atoms with Gasteiger partial charge in [0.2, 0.25) is 0 Å². The summed E-state index contributed by atoms with van der Waals surface area (Å²) in [6.45, 7) is 0.548. The highest BCUT2D eigenvalue weighted by Gasteiger charge is 2.34. The van der Waals surface area contributed by atoms with Gasteiger partial charge in [-0.25, -0.2) is 9.59 Å². The Hall–Kier alpha value is -1.75. The highest BCUT2D eigenvalue weighted by molar-refractivity contribution is 6.30. The molecule has 1 fully saturated rings. The SMILES string of the molecule is COC(=O)C1CCCN1C(=O)Nc1cccc(Cl)c1. The maximum absolute atomic E-state index is 12.1. The summed E-state index contributed by atoms with van der Waals surface area (Å²) >= 11 is 5.85. The normalized spacial score (nSPS) is 18.2. The molecule has 5 nitrogen and oxygen atoms in total. The Labute approximate surface area is 116 Å². The molecule has 1 aromatic carbocycles. The van der Waals surface area contributed by atoms with Gasteiger partial charge < -0.3 is 15.0 Å². The monoisotopic (exact) mass is 282 g/mol. The maximum Gasteiger partial charge on any atom is 0.328 e. The third kappa shape index (κ3) is 3.17. The van der Waals surface area contributed by atoms with E-state index in [2.05, 4.69) is 5.32 Å². The largest absolute Gasteiger partial charge is 0.467 e. The molecule has 6 heteroatoms. The number of carbonyl (C=O) groups is 2. The molecule has 0 spiro atoms. The van der Waals surface area contributed by atoms with Crippen LogP contribution in [0.3, 0.4) is 0 Å². The van der Waals surface area contributed by atoms with Gasteiger partial charge in [-0.05, 0) is 31.0 Å². The van der Waals surface area contributed by atoms with Crippen LogP contribution in [0.2, 0.25) is 5.02 Å². The minimum atomic E-state index is -0.496. The summed E-state index contributed by atoms with van der Waals surface area (Å²) in [4.78, 5) is 25.2. The number of urea groups is 1. The molecule has 0 saturated carbocycles. The Morgan fingerprint density at radius 3 is 2.95 bits per heavy atom. The minimum absolute atomic E-state index is 0.310. The van der Waals surface area contributed by atoms with Gasteiger partial charge >= 0.3 is 12.0 Å². The van der Waals surface area contributed by atoms with Gasteiger partial charge in [0.05, 0.1) is 7.11 Å². The minimum Gasteiger partial charge on any atom is -0.467 e. The van der Waals surface area contributed by atoms with Crippen molar-refractivity contribution >= 4 is 29.3 Å². The zero-order chi connectivity index (χ0) is 13.8. The Kier molecular flexibility index (Phi) is 4.27. The molecular weight excluding hydrogens is 268 g/mol. The number of hydrogen-bond acceptors (Lipinski definition) is 3. The van der Waals surface area contributed by atoms with Crippen molar-refractivity contribution in [2.45, 2.75) is 18.9 Å². The van der Waals surface area contributed by atoms with E-state index in [1.54, 1.807) is 24.3 Å². The van der Waals surface area contributed by atoms with Crippen LogP contribution >= 0.6 is 11.6 Å². The van der Waals surface area contributed by atoms with Gasteiger partial charge in [0.25, 0.3) is 0 Å². The summed E-state index contributed by atoms with van der Waals surface area (Å²) in [6, 6.07) is 6.07. The molecule has 1 heterocycles. The van der Waals surface area contributed by atoms with E-state index in [4.69, 9.17) is 16.3 Å². The van der Waals surface area contributed by atoms with E-state index in [9.17, 15) is 9.59 Å². The lowest BCUT2D eigenvalue weighted by atomic mass is 10.2. The summed E-state index contributed by atoms with van der Waals surface area (Å²) in [5.74, 6) is -0.376. The number of esters is 1. The number of nitrogens with zero attached hydrogens (tertiary/aromatic N) is 1. The molecule has 1 saturated heterocycles. The summed E-state index contributed by atoms with van der Waals surface area (Å²) in [5, 5.41) is 3.27. The molecule has 0 bridgehead atoms. The smallest absolute Gasteiger partial charge is 0.328 e. The lowest BCUT2D eigenvalue weighted by Crippen LogP contribution is -2.43. The first-order valence-corrected chi connectivity index (χ1v) is 6.40. The second-order valence-electron chi connectivity index (χ2n) is 4.32. The lowest BCUT2D eigenvalue weighted by molar-refractivity contribution is -0.144. The number of amides is 2. The van der Waals surface area contributed by atoms with Gasteiger partial charge in [-0.1, -0.05) is 17.7 Å². The number of anilines is 1. The predicted molar refractivity (Wildman–Crippen MR) is 72.2 cm³/mol. The van der Waals surface area contributed by atoms with Crippen LogP contribution < -0.4 is 5.32 Å². The number of halogens is 1. The fourth-order valence-corrected chi connectivity index (χ4v) is 2.34. The van der Waals surface area contributed by atoms with Crippen LogP contribution in [0.15, 0.2) is 24.3 Å². The number of likely N-dealkylation sites (tertiary alicyclic amines) is 1. The van der Waals surface area contributed by atoms with Crippen molar-refractivity contribution in [3.8, 4) is 0 Å². The standard InChI is InChI=1S/C13H15ClN2O3/c1-19-12(17)11-6-3-7-16(11)13(18)15-10-5-2-4-9(14)8-10/h2,4-5,8,11H,3,6-7H2,1H3,(H,15,18). The molecular formula is C13H15ClN2O3. The number of ether oxygens (including phenoxy) is 1. The Bertz CT molecular complexity index is 493. The Morgan fingerprint density at radius 2 is 2.26 bits per heavy atom. The summed E-state index contributed by atoms with van der Waals surface area (Å²) in [7, 11) is 1.33. The molecule has 1 aliphatic rings. The van der Waals surface area contributed by atoms with Gasteiger partial charge in [0.1, 0.15) is 6.04 Å².